The van der Waals surface area contributed by atoms with Crippen LogP contribution in [0.15, 0.2) is 17.2 Å². The topological polar surface area (TPSA) is 46.9 Å². The van der Waals surface area contributed by atoms with E-state index in [9.17, 15) is 4.79 Å². The summed E-state index contributed by atoms with van der Waals surface area (Å²) in [5.41, 5.74) is -0.361. The van der Waals surface area contributed by atoms with Crippen LogP contribution in [0, 0.1) is 11.8 Å². The molecule has 0 fully saturated rings. The van der Waals surface area contributed by atoms with E-state index in [1.54, 1.807) is 23.9 Å². The maximum atomic E-state index is 12.0. The van der Waals surface area contributed by atoms with Crippen molar-refractivity contribution in [3.8, 4) is 11.8 Å². The van der Waals surface area contributed by atoms with Gasteiger partial charge in [-0.15, -0.1) is 5.92 Å². The lowest BCUT2D eigenvalue weighted by Gasteiger charge is -2.22. The van der Waals surface area contributed by atoms with Crippen LogP contribution in [0.5, 0.6) is 0 Å². The molecule has 0 saturated heterocycles. The maximum absolute atomic E-state index is 12.0. The summed E-state index contributed by atoms with van der Waals surface area (Å²) in [5, 5.41) is 2.91. The van der Waals surface area contributed by atoms with Gasteiger partial charge in [-0.1, -0.05) is 5.92 Å². The van der Waals surface area contributed by atoms with Crippen molar-refractivity contribution in [2.45, 2.75) is 33.2 Å². The molecule has 0 radical (unpaired) electrons. The monoisotopic (exact) mass is 219 g/mol. The summed E-state index contributed by atoms with van der Waals surface area (Å²) in [6, 6.07) is 0. The molecule has 1 N–H and O–H groups in total. The van der Waals surface area contributed by atoms with Crippen LogP contribution >= 0.6 is 0 Å². The Kier molecular flexibility index (Phi) is 3.73. The van der Waals surface area contributed by atoms with Crippen LogP contribution < -0.4 is 10.9 Å². The van der Waals surface area contributed by atoms with E-state index in [4.69, 9.17) is 0 Å². The summed E-state index contributed by atoms with van der Waals surface area (Å²) >= 11 is 0. The summed E-state index contributed by atoms with van der Waals surface area (Å²) in [4.78, 5) is 16.0. The molecule has 0 amide bonds. The first-order chi connectivity index (χ1) is 7.46. The SMILES string of the molecule is CC#CCNc1nccn(C(C)(C)C)c1=O. The minimum absolute atomic E-state index is 0.118. The summed E-state index contributed by atoms with van der Waals surface area (Å²) in [6.45, 7) is 8.12. The summed E-state index contributed by atoms with van der Waals surface area (Å²) in [6.07, 6.45) is 3.31. The van der Waals surface area contributed by atoms with Gasteiger partial charge in [0, 0.05) is 17.9 Å². The molecule has 0 saturated carbocycles. The molecule has 0 unspecified atom stereocenters. The second kappa shape index (κ2) is 4.84. The van der Waals surface area contributed by atoms with Gasteiger partial charge in [-0.3, -0.25) is 4.79 Å². The fourth-order valence-corrected chi connectivity index (χ4v) is 1.28. The molecule has 4 nitrogen and oxygen atoms in total. The van der Waals surface area contributed by atoms with Crippen LogP contribution in [-0.2, 0) is 5.54 Å². The third-order valence-electron chi connectivity index (χ3n) is 2.08. The van der Waals surface area contributed by atoms with Crippen molar-refractivity contribution in [2.24, 2.45) is 0 Å². The van der Waals surface area contributed by atoms with Crippen LogP contribution in [0.25, 0.3) is 0 Å². The fourth-order valence-electron chi connectivity index (χ4n) is 1.28. The lowest BCUT2D eigenvalue weighted by atomic mass is 10.1. The van der Waals surface area contributed by atoms with E-state index < -0.39 is 0 Å². The fraction of sp³-hybridized carbons (Fsp3) is 0.500. The Labute approximate surface area is 95.7 Å². The predicted octanol–water partition coefficient (Wildman–Crippen LogP) is 1.43. The zero-order valence-electron chi connectivity index (χ0n) is 10.2. The van der Waals surface area contributed by atoms with Crippen molar-refractivity contribution in [3.63, 3.8) is 0 Å². The minimum Gasteiger partial charge on any atom is -0.355 e. The molecular formula is C12H17N3O. The Morgan fingerprint density at radius 3 is 2.75 bits per heavy atom. The van der Waals surface area contributed by atoms with Gasteiger partial charge in [0.05, 0.1) is 6.54 Å². The van der Waals surface area contributed by atoms with Crippen LogP contribution in [0.2, 0.25) is 0 Å². The summed E-state index contributed by atoms with van der Waals surface area (Å²) in [5.74, 6) is 5.93. The van der Waals surface area contributed by atoms with Gasteiger partial charge in [0.2, 0.25) is 0 Å². The highest BCUT2D eigenvalue weighted by Gasteiger charge is 2.16. The van der Waals surface area contributed by atoms with Gasteiger partial charge in [-0.05, 0) is 27.7 Å². The number of rotatable bonds is 2. The molecule has 1 rings (SSSR count). The van der Waals surface area contributed by atoms with Crippen LogP contribution in [0.4, 0.5) is 5.82 Å². The molecule has 16 heavy (non-hydrogen) atoms. The Hall–Kier alpha value is -1.76. The molecule has 0 atom stereocenters. The Balaban J connectivity index is 3.04. The third-order valence-corrected chi connectivity index (χ3v) is 2.08. The first kappa shape index (κ1) is 12.3. The number of anilines is 1. The van der Waals surface area contributed by atoms with Gasteiger partial charge in [0.1, 0.15) is 0 Å². The van der Waals surface area contributed by atoms with E-state index in [-0.39, 0.29) is 11.1 Å². The highest BCUT2D eigenvalue weighted by Crippen LogP contribution is 2.10. The Morgan fingerprint density at radius 2 is 2.19 bits per heavy atom. The molecule has 4 heteroatoms. The molecule has 1 aromatic heterocycles. The quantitative estimate of drug-likeness (QED) is 0.765. The second-order valence-corrected chi connectivity index (χ2v) is 4.40. The molecule has 1 heterocycles. The lowest BCUT2D eigenvalue weighted by molar-refractivity contribution is 0.383. The van der Waals surface area contributed by atoms with E-state index in [0.717, 1.165) is 0 Å². The van der Waals surface area contributed by atoms with Gasteiger partial charge in [-0.2, -0.15) is 0 Å². The smallest absolute Gasteiger partial charge is 0.293 e. The van der Waals surface area contributed by atoms with E-state index in [0.29, 0.717) is 12.4 Å². The third kappa shape index (κ3) is 2.86. The standard InChI is InChI=1S/C12H17N3O/c1-5-6-7-13-10-11(16)15(9-8-14-10)12(2,3)4/h8-9H,7H2,1-4H3,(H,13,14). The summed E-state index contributed by atoms with van der Waals surface area (Å²) in [7, 11) is 0. The maximum Gasteiger partial charge on any atom is 0.293 e. The van der Waals surface area contributed by atoms with Gasteiger partial charge in [0.25, 0.3) is 5.56 Å². The van der Waals surface area contributed by atoms with E-state index >= 15 is 0 Å². The number of nitrogens with one attached hydrogen (secondary N) is 1. The average Bonchev–Trinajstić information content (AvgIpc) is 2.19. The Morgan fingerprint density at radius 1 is 1.50 bits per heavy atom. The van der Waals surface area contributed by atoms with Crippen molar-refractivity contribution < 1.29 is 0 Å². The molecule has 0 aliphatic rings. The van der Waals surface area contributed by atoms with Gasteiger partial charge in [0.15, 0.2) is 5.82 Å². The van der Waals surface area contributed by atoms with Gasteiger partial charge >= 0.3 is 0 Å². The molecule has 1 aromatic rings. The van der Waals surface area contributed by atoms with Crippen molar-refractivity contribution in [1.82, 2.24) is 9.55 Å². The number of nitrogens with zero attached hydrogens (tertiary/aromatic N) is 2. The first-order valence-corrected chi connectivity index (χ1v) is 5.18. The van der Waals surface area contributed by atoms with Crippen molar-refractivity contribution in [2.75, 3.05) is 11.9 Å². The second-order valence-electron chi connectivity index (χ2n) is 4.40. The number of aromatic nitrogens is 2. The zero-order chi connectivity index (χ0) is 12.2. The Bertz CT molecular complexity index is 472. The van der Waals surface area contributed by atoms with Crippen molar-refractivity contribution >= 4 is 5.82 Å². The van der Waals surface area contributed by atoms with Crippen LogP contribution in [-0.4, -0.2) is 16.1 Å². The number of hydrogen-bond acceptors (Lipinski definition) is 3. The van der Waals surface area contributed by atoms with Crippen LogP contribution in [0.3, 0.4) is 0 Å². The normalized spacial score (nSPS) is 10.5. The zero-order valence-corrected chi connectivity index (χ0v) is 10.2. The molecule has 0 aliphatic carbocycles. The minimum atomic E-state index is -0.243. The van der Waals surface area contributed by atoms with Crippen molar-refractivity contribution in [3.05, 3.63) is 22.7 Å². The van der Waals surface area contributed by atoms with E-state index in [1.807, 2.05) is 20.8 Å². The van der Waals surface area contributed by atoms with E-state index in [2.05, 4.69) is 22.1 Å². The molecule has 0 bridgehead atoms. The van der Waals surface area contributed by atoms with Crippen molar-refractivity contribution in [1.29, 1.82) is 0 Å². The lowest BCUT2D eigenvalue weighted by Crippen LogP contribution is -2.35. The molecule has 0 spiro atoms. The number of hydrogen-bond donors (Lipinski definition) is 1. The van der Waals surface area contributed by atoms with E-state index in [1.165, 1.54) is 0 Å². The highest BCUT2D eigenvalue weighted by atomic mass is 16.1. The summed E-state index contributed by atoms with van der Waals surface area (Å²) < 4.78 is 1.65. The molecular weight excluding hydrogens is 202 g/mol. The predicted molar refractivity (Wildman–Crippen MR) is 65.4 cm³/mol. The largest absolute Gasteiger partial charge is 0.355 e. The average molecular weight is 219 g/mol. The molecule has 0 aromatic carbocycles. The van der Waals surface area contributed by atoms with Gasteiger partial charge in [-0.25, -0.2) is 4.98 Å². The van der Waals surface area contributed by atoms with Crippen LogP contribution in [0.1, 0.15) is 27.7 Å². The first-order valence-electron chi connectivity index (χ1n) is 5.18. The highest BCUT2D eigenvalue weighted by molar-refractivity contribution is 5.33. The molecule has 0 aliphatic heterocycles. The van der Waals surface area contributed by atoms with Gasteiger partial charge < -0.3 is 9.88 Å². The molecule has 86 valence electrons.